The van der Waals surface area contributed by atoms with Crippen LogP contribution in [0.25, 0.3) is 10.9 Å². The van der Waals surface area contributed by atoms with Crippen molar-refractivity contribution < 1.29 is 22.7 Å². The molecule has 2 heterocycles. The Morgan fingerprint density at radius 1 is 1.23 bits per heavy atom. The lowest BCUT2D eigenvalue weighted by Crippen LogP contribution is -2.27. The van der Waals surface area contributed by atoms with E-state index in [1.165, 1.54) is 25.6 Å². The van der Waals surface area contributed by atoms with Gasteiger partial charge in [-0.1, -0.05) is 18.2 Å². The van der Waals surface area contributed by atoms with Gasteiger partial charge in [0.1, 0.15) is 5.75 Å². The standard InChI is InChI=1S/C18H14F3N3O2/c1-26-15-5-3-2-4-11(15)10-23-17(25)13-8-12-9-22-7-6-14(12)24-16(13)18(19,20)21/h2-9H,10H2,1H3,(H,23,25). The number of hydrogen-bond acceptors (Lipinski definition) is 4. The van der Waals surface area contributed by atoms with Gasteiger partial charge in [0.2, 0.25) is 0 Å². The summed E-state index contributed by atoms with van der Waals surface area (Å²) in [6, 6.07) is 9.43. The summed E-state index contributed by atoms with van der Waals surface area (Å²) in [7, 11) is 1.47. The molecular formula is C18H14F3N3O2. The lowest BCUT2D eigenvalue weighted by molar-refractivity contribution is -0.141. The van der Waals surface area contributed by atoms with Crippen molar-refractivity contribution in [1.82, 2.24) is 15.3 Å². The van der Waals surface area contributed by atoms with Gasteiger partial charge in [0.15, 0.2) is 5.69 Å². The molecule has 3 aromatic rings. The van der Waals surface area contributed by atoms with Gasteiger partial charge in [0, 0.05) is 29.9 Å². The zero-order chi connectivity index (χ0) is 18.7. The van der Waals surface area contributed by atoms with Crippen LogP contribution in [0.15, 0.2) is 48.8 Å². The molecule has 26 heavy (non-hydrogen) atoms. The normalized spacial score (nSPS) is 11.4. The molecule has 0 radical (unpaired) electrons. The summed E-state index contributed by atoms with van der Waals surface area (Å²) in [4.78, 5) is 19.9. The second kappa shape index (κ2) is 6.99. The van der Waals surface area contributed by atoms with E-state index in [4.69, 9.17) is 4.74 Å². The minimum absolute atomic E-state index is 0.0191. The summed E-state index contributed by atoms with van der Waals surface area (Å²) in [5, 5.41) is 2.84. The monoisotopic (exact) mass is 361 g/mol. The number of methoxy groups -OCH3 is 1. The van der Waals surface area contributed by atoms with Crippen LogP contribution in [0.5, 0.6) is 5.75 Å². The van der Waals surface area contributed by atoms with Crippen LogP contribution in [-0.4, -0.2) is 23.0 Å². The third-order valence-corrected chi connectivity index (χ3v) is 3.76. The van der Waals surface area contributed by atoms with E-state index in [1.807, 2.05) is 0 Å². The molecule has 1 N–H and O–H groups in total. The van der Waals surface area contributed by atoms with Crippen molar-refractivity contribution in [2.45, 2.75) is 12.7 Å². The van der Waals surface area contributed by atoms with E-state index < -0.39 is 23.3 Å². The lowest BCUT2D eigenvalue weighted by Gasteiger charge is -2.14. The van der Waals surface area contributed by atoms with Gasteiger partial charge in [-0.2, -0.15) is 13.2 Å². The van der Waals surface area contributed by atoms with E-state index in [0.717, 1.165) is 6.07 Å². The maximum Gasteiger partial charge on any atom is 0.434 e. The van der Waals surface area contributed by atoms with Crippen molar-refractivity contribution in [2.24, 2.45) is 0 Å². The number of aromatic nitrogens is 2. The van der Waals surface area contributed by atoms with E-state index in [-0.39, 0.29) is 12.1 Å². The zero-order valence-corrected chi connectivity index (χ0v) is 13.7. The van der Waals surface area contributed by atoms with E-state index in [1.54, 1.807) is 24.3 Å². The van der Waals surface area contributed by atoms with Crippen molar-refractivity contribution in [3.05, 3.63) is 65.6 Å². The number of halogens is 3. The molecule has 2 aromatic heterocycles. The van der Waals surface area contributed by atoms with E-state index >= 15 is 0 Å². The first-order valence-corrected chi connectivity index (χ1v) is 7.62. The van der Waals surface area contributed by atoms with Crippen molar-refractivity contribution in [2.75, 3.05) is 7.11 Å². The molecule has 5 nitrogen and oxygen atoms in total. The van der Waals surface area contributed by atoms with Crippen LogP contribution in [0, 0.1) is 0 Å². The van der Waals surface area contributed by atoms with Crippen LogP contribution in [0.2, 0.25) is 0 Å². The molecule has 0 spiro atoms. The van der Waals surface area contributed by atoms with Crippen LogP contribution < -0.4 is 10.1 Å². The SMILES string of the molecule is COc1ccccc1CNC(=O)c1cc2cnccc2nc1C(F)(F)F. The number of nitrogens with zero attached hydrogens (tertiary/aromatic N) is 2. The van der Waals surface area contributed by atoms with E-state index in [9.17, 15) is 18.0 Å². The first kappa shape index (κ1) is 17.7. The Kier molecular flexibility index (Phi) is 4.75. The number of alkyl halides is 3. The Morgan fingerprint density at radius 2 is 2.00 bits per heavy atom. The zero-order valence-electron chi connectivity index (χ0n) is 13.7. The van der Waals surface area contributed by atoms with Gasteiger partial charge in [-0.15, -0.1) is 0 Å². The van der Waals surface area contributed by atoms with Gasteiger partial charge in [0.25, 0.3) is 5.91 Å². The summed E-state index contributed by atoms with van der Waals surface area (Å²) in [5.41, 5.74) is -1.01. The number of fused-ring (bicyclic) bond motifs is 1. The van der Waals surface area contributed by atoms with Crippen LogP contribution in [0.1, 0.15) is 21.6 Å². The Bertz CT molecular complexity index is 958. The minimum Gasteiger partial charge on any atom is -0.496 e. The maximum absolute atomic E-state index is 13.3. The molecule has 0 saturated heterocycles. The number of benzene rings is 1. The molecule has 0 aliphatic carbocycles. The minimum atomic E-state index is -4.76. The first-order chi connectivity index (χ1) is 12.4. The molecule has 0 aliphatic heterocycles. The fourth-order valence-corrected chi connectivity index (χ4v) is 2.53. The average molecular weight is 361 g/mol. The van der Waals surface area contributed by atoms with Gasteiger partial charge in [-0.3, -0.25) is 9.78 Å². The number of carbonyl (C=O) groups excluding carboxylic acids is 1. The van der Waals surface area contributed by atoms with Crippen molar-refractivity contribution >= 4 is 16.8 Å². The first-order valence-electron chi connectivity index (χ1n) is 7.62. The predicted molar refractivity (Wildman–Crippen MR) is 88.7 cm³/mol. The molecule has 0 bridgehead atoms. The molecule has 0 unspecified atom stereocenters. The third kappa shape index (κ3) is 3.58. The Labute approximate surface area is 146 Å². The topological polar surface area (TPSA) is 64.1 Å². The molecule has 3 rings (SSSR count). The number of ether oxygens (including phenoxy) is 1. The number of nitrogens with one attached hydrogen (secondary N) is 1. The van der Waals surface area contributed by atoms with Crippen molar-refractivity contribution in [3.63, 3.8) is 0 Å². The number of amides is 1. The van der Waals surface area contributed by atoms with Crippen LogP contribution in [-0.2, 0) is 12.7 Å². The molecule has 0 fully saturated rings. The highest BCUT2D eigenvalue weighted by Gasteiger charge is 2.37. The fourth-order valence-electron chi connectivity index (χ4n) is 2.53. The van der Waals surface area contributed by atoms with Gasteiger partial charge in [0.05, 0.1) is 18.2 Å². The second-order valence-corrected chi connectivity index (χ2v) is 5.45. The molecule has 0 aliphatic rings. The quantitative estimate of drug-likeness (QED) is 0.771. The summed E-state index contributed by atoms with van der Waals surface area (Å²) in [5.74, 6) is -0.342. The summed E-state index contributed by atoms with van der Waals surface area (Å²) in [6.07, 6.45) is -2.05. The number of para-hydroxylation sites is 1. The highest BCUT2D eigenvalue weighted by Crippen LogP contribution is 2.32. The third-order valence-electron chi connectivity index (χ3n) is 3.76. The molecule has 0 saturated carbocycles. The van der Waals surface area contributed by atoms with Crippen molar-refractivity contribution in [3.8, 4) is 5.75 Å². The molecule has 134 valence electrons. The molecule has 8 heteroatoms. The van der Waals surface area contributed by atoms with Crippen molar-refractivity contribution in [1.29, 1.82) is 0 Å². The fraction of sp³-hybridized carbons (Fsp3) is 0.167. The van der Waals surface area contributed by atoms with Crippen LogP contribution in [0.4, 0.5) is 13.2 Å². The summed E-state index contributed by atoms with van der Waals surface area (Å²) in [6.45, 7) is 0.0191. The molecular weight excluding hydrogens is 347 g/mol. The van der Waals surface area contributed by atoms with Gasteiger partial charge >= 0.3 is 6.18 Å². The Morgan fingerprint density at radius 3 is 2.73 bits per heavy atom. The summed E-state index contributed by atoms with van der Waals surface area (Å²) < 4.78 is 45.2. The Hall–Kier alpha value is -3.16. The molecule has 1 amide bonds. The number of carbonyl (C=O) groups is 1. The van der Waals surface area contributed by atoms with Gasteiger partial charge in [-0.25, -0.2) is 4.98 Å². The number of hydrogen-bond donors (Lipinski definition) is 1. The van der Waals surface area contributed by atoms with E-state index in [0.29, 0.717) is 16.7 Å². The van der Waals surface area contributed by atoms with Gasteiger partial charge in [-0.05, 0) is 18.2 Å². The molecule has 0 atom stereocenters. The van der Waals surface area contributed by atoms with Crippen LogP contribution in [0.3, 0.4) is 0 Å². The van der Waals surface area contributed by atoms with Gasteiger partial charge < -0.3 is 10.1 Å². The largest absolute Gasteiger partial charge is 0.496 e. The highest BCUT2D eigenvalue weighted by molar-refractivity contribution is 5.98. The maximum atomic E-state index is 13.3. The Balaban J connectivity index is 1.94. The highest BCUT2D eigenvalue weighted by atomic mass is 19.4. The number of pyridine rings is 2. The smallest absolute Gasteiger partial charge is 0.434 e. The average Bonchev–Trinajstić information content (AvgIpc) is 2.64. The predicted octanol–water partition coefficient (Wildman–Crippen LogP) is 3.59. The van der Waals surface area contributed by atoms with E-state index in [2.05, 4.69) is 15.3 Å². The second-order valence-electron chi connectivity index (χ2n) is 5.45. The molecule has 1 aromatic carbocycles. The number of rotatable bonds is 4. The summed E-state index contributed by atoms with van der Waals surface area (Å²) >= 11 is 0. The van der Waals surface area contributed by atoms with Crippen LogP contribution >= 0.6 is 0 Å². The lowest BCUT2D eigenvalue weighted by atomic mass is 10.1.